The van der Waals surface area contributed by atoms with Crippen LogP contribution in [0.25, 0.3) is 10.9 Å². The molecule has 1 heterocycles. The first-order chi connectivity index (χ1) is 9.40. The third-order valence-corrected chi connectivity index (χ3v) is 3.78. The standard InChI is InChI=1S/C17H20N2/c1-2-3-12-18-17-13-8-4-6-10-15(13)19-16-11-7-5-9-14(16)17/h4,6,8,10,12H,2-3,5,7,9,11H2,1H3. The number of fused-ring (bicyclic) bond motifs is 2. The number of hydrogen-bond acceptors (Lipinski definition) is 2. The Balaban J connectivity index is 2.19. The Morgan fingerprint density at radius 1 is 1.21 bits per heavy atom. The van der Waals surface area contributed by atoms with Gasteiger partial charge in [-0.3, -0.25) is 9.98 Å². The molecule has 2 heteroatoms. The van der Waals surface area contributed by atoms with Crippen molar-refractivity contribution >= 4 is 22.8 Å². The molecule has 0 aliphatic heterocycles. The summed E-state index contributed by atoms with van der Waals surface area (Å²) in [6.07, 6.45) is 9.03. The number of nitrogens with zero attached hydrogens (tertiary/aromatic N) is 2. The van der Waals surface area contributed by atoms with E-state index in [1.165, 1.54) is 35.2 Å². The summed E-state index contributed by atoms with van der Waals surface area (Å²) in [7, 11) is 0. The fourth-order valence-corrected chi connectivity index (χ4v) is 2.78. The molecule has 0 radical (unpaired) electrons. The number of para-hydroxylation sites is 1. The van der Waals surface area contributed by atoms with Crippen LogP contribution in [-0.2, 0) is 12.8 Å². The summed E-state index contributed by atoms with van der Waals surface area (Å²) in [6.45, 7) is 2.19. The molecular weight excluding hydrogens is 232 g/mol. The maximum absolute atomic E-state index is 4.83. The van der Waals surface area contributed by atoms with Gasteiger partial charge in [-0.1, -0.05) is 31.5 Å². The molecule has 1 aromatic carbocycles. The Morgan fingerprint density at radius 2 is 2.05 bits per heavy atom. The summed E-state index contributed by atoms with van der Waals surface area (Å²) >= 11 is 0. The molecule has 0 unspecified atom stereocenters. The fraction of sp³-hybridized carbons (Fsp3) is 0.412. The molecule has 1 aliphatic rings. The summed E-state index contributed by atoms with van der Waals surface area (Å²) in [5.74, 6) is 0. The van der Waals surface area contributed by atoms with Crippen molar-refractivity contribution in [1.82, 2.24) is 4.98 Å². The number of aromatic nitrogens is 1. The lowest BCUT2D eigenvalue weighted by molar-refractivity contribution is 0.672. The SMILES string of the molecule is CCCC=Nc1c2c(nc3ccccc13)CCCC2. The predicted octanol–water partition coefficient (Wildman–Crippen LogP) is 4.62. The average molecular weight is 252 g/mol. The Hall–Kier alpha value is -1.70. The molecule has 2 aromatic rings. The highest BCUT2D eigenvalue weighted by atomic mass is 14.8. The Kier molecular flexibility index (Phi) is 3.58. The zero-order chi connectivity index (χ0) is 13.1. The minimum absolute atomic E-state index is 1.05. The topological polar surface area (TPSA) is 25.2 Å². The zero-order valence-corrected chi connectivity index (χ0v) is 11.5. The third-order valence-electron chi connectivity index (χ3n) is 3.78. The van der Waals surface area contributed by atoms with Gasteiger partial charge in [-0.15, -0.1) is 0 Å². The summed E-state index contributed by atoms with van der Waals surface area (Å²) in [5, 5.41) is 1.20. The van der Waals surface area contributed by atoms with Crippen molar-refractivity contribution in [3.05, 3.63) is 35.5 Å². The first-order valence-corrected chi connectivity index (χ1v) is 7.33. The quantitative estimate of drug-likeness (QED) is 0.732. The van der Waals surface area contributed by atoms with Crippen molar-refractivity contribution in [2.75, 3.05) is 0 Å². The molecule has 0 fully saturated rings. The molecule has 1 aromatic heterocycles. The number of unbranched alkanes of at least 4 members (excludes halogenated alkanes) is 1. The summed E-state index contributed by atoms with van der Waals surface area (Å²) < 4.78 is 0. The van der Waals surface area contributed by atoms with Crippen LogP contribution in [0, 0.1) is 0 Å². The number of aliphatic imine (C=N–C) groups is 1. The highest BCUT2D eigenvalue weighted by Crippen LogP contribution is 2.35. The molecule has 0 spiro atoms. The summed E-state index contributed by atoms with van der Waals surface area (Å²) in [6, 6.07) is 8.39. The van der Waals surface area contributed by atoms with Crippen molar-refractivity contribution in [2.24, 2.45) is 4.99 Å². The van der Waals surface area contributed by atoms with E-state index < -0.39 is 0 Å². The second-order valence-corrected chi connectivity index (χ2v) is 5.21. The lowest BCUT2D eigenvalue weighted by Crippen LogP contribution is -2.06. The van der Waals surface area contributed by atoms with Gasteiger partial charge in [-0.05, 0) is 43.7 Å². The number of hydrogen-bond donors (Lipinski definition) is 0. The number of benzene rings is 1. The molecule has 0 N–H and O–H groups in total. The molecule has 0 saturated heterocycles. The van der Waals surface area contributed by atoms with Crippen molar-refractivity contribution < 1.29 is 0 Å². The average Bonchev–Trinajstić information content (AvgIpc) is 2.46. The summed E-state index contributed by atoms with van der Waals surface area (Å²) in [5.41, 5.74) is 4.92. The molecule has 98 valence electrons. The molecular formula is C17H20N2. The largest absolute Gasteiger partial charge is 0.260 e. The highest BCUT2D eigenvalue weighted by molar-refractivity contribution is 5.93. The van der Waals surface area contributed by atoms with E-state index in [1.54, 1.807) is 0 Å². The highest BCUT2D eigenvalue weighted by Gasteiger charge is 2.17. The van der Waals surface area contributed by atoms with Gasteiger partial charge in [0, 0.05) is 17.3 Å². The zero-order valence-electron chi connectivity index (χ0n) is 11.5. The Bertz CT molecular complexity index is 614. The van der Waals surface area contributed by atoms with Gasteiger partial charge in [-0.2, -0.15) is 0 Å². The second kappa shape index (κ2) is 5.52. The van der Waals surface area contributed by atoms with Gasteiger partial charge in [0.05, 0.1) is 11.2 Å². The molecule has 0 bridgehead atoms. The third kappa shape index (κ3) is 2.40. The summed E-state index contributed by atoms with van der Waals surface area (Å²) in [4.78, 5) is 9.60. The number of aryl methyl sites for hydroxylation is 1. The van der Waals surface area contributed by atoms with Crippen LogP contribution in [-0.4, -0.2) is 11.2 Å². The van der Waals surface area contributed by atoms with E-state index in [2.05, 4.69) is 37.4 Å². The normalized spacial score (nSPS) is 15.0. The van der Waals surface area contributed by atoms with E-state index in [0.29, 0.717) is 0 Å². The minimum atomic E-state index is 1.05. The fourth-order valence-electron chi connectivity index (χ4n) is 2.78. The van der Waals surface area contributed by atoms with Gasteiger partial charge in [0.2, 0.25) is 0 Å². The lowest BCUT2D eigenvalue weighted by atomic mass is 9.93. The number of rotatable bonds is 3. The van der Waals surface area contributed by atoms with Crippen LogP contribution < -0.4 is 0 Å². The van der Waals surface area contributed by atoms with Crippen molar-refractivity contribution in [3.8, 4) is 0 Å². The molecule has 1 aliphatic carbocycles. The van der Waals surface area contributed by atoms with Crippen LogP contribution in [0.5, 0.6) is 0 Å². The van der Waals surface area contributed by atoms with Crippen molar-refractivity contribution in [3.63, 3.8) is 0 Å². The van der Waals surface area contributed by atoms with Crippen LogP contribution in [0.15, 0.2) is 29.3 Å². The van der Waals surface area contributed by atoms with Crippen LogP contribution >= 0.6 is 0 Å². The van der Waals surface area contributed by atoms with Crippen LogP contribution in [0.1, 0.15) is 43.9 Å². The minimum Gasteiger partial charge on any atom is -0.260 e. The van der Waals surface area contributed by atoms with E-state index in [-0.39, 0.29) is 0 Å². The Labute approximate surface area is 114 Å². The van der Waals surface area contributed by atoms with Crippen LogP contribution in [0.4, 0.5) is 5.69 Å². The predicted molar refractivity (Wildman–Crippen MR) is 81.4 cm³/mol. The van der Waals surface area contributed by atoms with Gasteiger partial charge in [0.25, 0.3) is 0 Å². The monoisotopic (exact) mass is 252 g/mol. The second-order valence-electron chi connectivity index (χ2n) is 5.21. The van der Waals surface area contributed by atoms with E-state index in [0.717, 1.165) is 31.2 Å². The molecule has 0 saturated carbocycles. The molecule has 19 heavy (non-hydrogen) atoms. The van der Waals surface area contributed by atoms with E-state index in [9.17, 15) is 0 Å². The van der Waals surface area contributed by atoms with E-state index in [1.807, 2.05) is 0 Å². The van der Waals surface area contributed by atoms with Crippen LogP contribution in [0.2, 0.25) is 0 Å². The van der Waals surface area contributed by atoms with Gasteiger partial charge in [0.15, 0.2) is 0 Å². The van der Waals surface area contributed by atoms with Gasteiger partial charge >= 0.3 is 0 Å². The van der Waals surface area contributed by atoms with Crippen molar-refractivity contribution in [2.45, 2.75) is 45.4 Å². The van der Waals surface area contributed by atoms with E-state index in [4.69, 9.17) is 9.98 Å². The maximum Gasteiger partial charge on any atom is 0.0769 e. The van der Waals surface area contributed by atoms with Gasteiger partial charge in [0.1, 0.15) is 0 Å². The van der Waals surface area contributed by atoms with E-state index >= 15 is 0 Å². The first-order valence-electron chi connectivity index (χ1n) is 7.33. The lowest BCUT2D eigenvalue weighted by Gasteiger charge is -2.18. The van der Waals surface area contributed by atoms with Gasteiger partial charge in [-0.25, -0.2) is 0 Å². The van der Waals surface area contributed by atoms with Crippen LogP contribution in [0.3, 0.4) is 0 Å². The first kappa shape index (κ1) is 12.3. The molecule has 2 nitrogen and oxygen atoms in total. The maximum atomic E-state index is 4.83. The smallest absolute Gasteiger partial charge is 0.0769 e. The molecule has 3 rings (SSSR count). The molecule has 0 amide bonds. The Morgan fingerprint density at radius 3 is 2.95 bits per heavy atom. The molecule has 0 atom stereocenters. The van der Waals surface area contributed by atoms with Gasteiger partial charge < -0.3 is 0 Å². The van der Waals surface area contributed by atoms with Crippen molar-refractivity contribution in [1.29, 1.82) is 0 Å². The number of pyridine rings is 1.